The van der Waals surface area contributed by atoms with Gasteiger partial charge in [-0.3, -0.25) is 9.59 Å². The first kappa shape index (κ1) is 23.8. The molecule has 2 heterocycles. The Morgan fingerprint density at radius 3 is 2.61 bits per heavy atom. The van der Waals surface area contributed by atoms with Crippen LogP contribution in [0.3, 0.4) is 0 Å². The van der Waals surface area contributed by atoms with Crippen molar-refractivity contribution in [2.75, 3.05) is 11.9 Å². The summed E-state index contributed by atoms with van der Waals surface area (Å²) in [5.41, 5.74) is 5.61. The molecule has 1 aromatic heterocycles. The summed E-state index contributed by atoms with van der Waals surface area (Å²) < 4.78 is 6.08. The monoisotopic (exact) mass is 497 g/mol. The van der Waals surface area contributed by atoms with Crippen LogP contribution in [0.1, 0.15) is 50.7 Å². The average Bonchev–Trinajstić information content (AvgIpc) is 3.38. The molecule has 6 nitrogen and oxygen atoms in total. The fourth-order valence-electron chi connectivity index (χ4n) is 4.48. The summed E-state index contributed by atoms with van der Waals surface area (Å²) in [7, 11) is 0. The Morgan fingerprint density at radius 2 is 1.86 bits per heavy atom. The number of anilines is 1. The number of aromatic nitrogens is 1. The number of thiazole rings is 1. The lowest BCUT2D eigenvalue weighted by Gasteiger charge is -2.37. The lowest BCUT2D eigenvalue weighted by atomic mass is 9.88. The van der Waals surface area contributed by atoms with Crippen molar-refractivity contribution in [3.8, 4) is 5.75 Å². The predicted molar refractivity (Wildman–Crippen MR) is 141 cm³/mol. The number of carbonyl (C=O) groups excluding carboxylic acids is 2. The highest BCUT2D eigenvalue weighted by molar-refractivity contribution is 7.09. The Bertz CT molecular complexity index is 1380. The SMILES string of the molecule is CC(=O)N1CCc2ccc(OCc3nc(C(=O)Nc4ccc(C)cc4)cs3)cc2C1c1ccccc1. The first-order valence-electron chi connectivity index (χ1n) is 11.9. The van der Waals surface area contributed by atoms with Crippen LogP contribution in [0, 0.1) is 6.92 Å². The minimum Gasteiger partial charge on any atom is -0.486 e. The Hall–Kier alpha value is -3.97. The molecule has 7 heteroatoms. The first-order chi connectivity index (χ1) is 17.5. The summed E-state index contributed by atoms with van der Waals surface area (Å²) in [4.78, 5) is 31.4. The number of carbonyl (C=O) groups is 2. The van der Waals surface area contributed by atoms with Gasteiger partial charge in [-0.15, -0.1) is 11.3 Å². The number of nitrogens with one attached hydrogen (secondary N) is 1. The minimum absolute atomic E-state index is 0.0556. The van der Waals surface area contributed by atoms with E-state index in [9.17, 15) is 9.59 Å². The van der Waals surface area contributed by atoms with Crippen LogP contribution in [-0.4, -0.2) is 28.2 Å². The van der Waals surface area contributed by atoms with Gasteiger partial charge in [0.25, 0.3) is 5.91 Å². The molecule has 0 radical (unpaired) electrons. The Kier molecular flexibility index (Phi) is 6.82. The van der Waals surface area contributed by atoms with E-state index in [0.717, 1.165) is 28.8 Å². The third-order valence-electron chi connectivity index (χ3n) is 6.32. The van der Waals surface area contributed by atoms with Gasteiger partial charge in [-0.05, 0) is 54.3 Å². The molecule has 1 aliphatic rings. The minimum atomic E-state index is -0.245. The second-order valence-electron chi connectivity index (χ2n) is 8.87. The topological polar surface area (TPSA) is 71.5 Å². The predicted octanol–water partition coefficient (Wildman–Crippen LogP) is 5.78. The second-order valence-corrected chi connectivity index (χ2v) is 9.81. The van der Waals surface area contributed by atoms with Gasteiger partial charge in [0.2, 0.25) is 5.91 Å². The molecule has 0 spiro atoms. The Labute approximate surface area is 214 Å². The van der Waals surface area contributed by atoms with Crippen molar-refractivity contribution in [3.63, 3.8) is 0 Å². The van der Waals surface area contributed by atoms with Crippen LogP contribution >= 0.6 is 11.3 Å². The number of benzene rings is 3. The summed E-state index contributed by atoms with van der Waals surface area (Å²) in [6.45, 7) is 4.57. The normalized spacial score (nSPS) is 14.7. The van der Waals surface area contributed by atoms with Crippen molar-refractivity contribution in [2.24, 2.45) is 0 Å². The van der Waals surface area contributed by atoms with Gasteiger partial charge < -0.3 is 15.0 Å². The van der Waals surface area contributed by atoms with Crippen molar-refractivity contribution in [2.45, 2.75) is 32.9 Å². The van der Waals surface area contributed by atoms with Crippen molar-refractivity contribution in [1.82, 2.24) is 9.88 Å². The number of hydrogen-bond acceptors (Lipinski definition) is 5. The molecule has 2 amide bonds. The molecule has 1 N–H and O–H groups in total. The van der Waals surface area contributed by atoms with E-state index < -0.39 is 0 Å². The van der Waals surface area contributed by atoms with E-state index in [4.69, 9.17) is 4.74 Å². The summed E-state index contributed by atoms with van der Waals surface area (Å²) in [6, 6.07) is 23.7. The summed E-state index contributed by atoms with van der Waals surface area (Å²) >= 11 is 1.39. The molecule has 1 aliphatic heterocycles. The van der Waals surface area contributed by atoms with Gasteiger partial charge in [0.15, 0.2) is 0 Å². The van der Waals surface area contributed by atoms with Crippen LogP contribution in [0.15, 0.2) is 78.2 Å². The number of hydrogen-bond donors (Lipinski definition) is 1. The molecule has 3 aromatic carbocycles. The molecule has 0 fully saturated rings. The van der Waals surface area contributed by atoms with Crippen molar-refractivity contribution in [1.29, 1.82) is 0 Å². The van der Waals surface area contributed by atoms with E-state index in [-0.39, 0.29) is 24.5 Å². The number of fused-ring (bicyclic) bond motifs is 1. The van der Waals surface area contributed by atoms with Crippen molar-refractivity contribution < 1.29 is 14.3 Å². The summed E-state index contributed by atoms with van der Waals surface area (Å²) in [6.07, 6.45) is 0.810. The molecule has 5 rings (SSSR count). The third kappa shape index (κ3) is 5.16. The summed E-state index contributed by atoms with van der Waals surface area (Å²) in [5.74, 6) is 0.520. The zero-order valence-electron chi connectivity index (χ0n) is 20.2. The molecule has 0 bridgehead atoms. The highest BCUT2D eigenvalue weighted by Crippen LogP contribution is 2.37. The van der Waals surface area contributed by atoms with E-state index in [1.807, 2.05) is 66.4 Å². The van der Waals surface area contributed by atoms with E-state index in [0.29, 0.717) is 23.0 Å². The van der Waals surface area contributed by atoms with Gasteiger partial charge in [0.1, 0.15) is 23.1 Å². The van der Waals surface area contributed by atoms with Gasteiger partial charge >= 0.3 is 0 Å². The van der Waals surface area contributed by atoms with Crippen LogP contribution in [0.2, 0.25) is 0 Å². The smallest absolute Gasteiger partial charge is 0.275 e. The van der Waals surface area contributed by atoms with Gasteiger partial charge in [-0.2, -0.15) is 0 Å². The lowest BCUT2D eigenvalue weighted by molar-refractivity contribution is -0.130. The molecule has 4 aromatic rings. The Balaban J connectivity index is 1.30. The van der Waals surface area contributed by atoms with Gasteiger partial charge in [-0.25, -0.2) is 4.98 Å². The zero-order chi connectivity index (χ0) is 25.1. The first-order valence-corrected chi connectivity index (χ1v) is 12.8. The van der Waals surface area contributed by atoms with E-state index in [1.165, 1.54) is 16.9 Å². The third-order valence-corrected chi connectivity index (χ3v) is 7.14. The quantitative estimate of drug-likeness (QED) is 0.367. The fourth-order valence-corrected chi connectivity index (χ4v) is 5.16. The highest BCUT2D eigenvalue weighted by atomic mass is 32.1. The zero-order valence-corrected chi connectivity index (χ0v) is 21.0. The molecular formula is C29H27N3O3S. The number of aryl methyl sites for hydroxylation is 1. The van der Waals surface area contributed by atoms with Crippen molar-refractivity contribution in [3.05, 3.63) is 111 Å². The van der Waals surface area contributed by atoms with Crippen LogP contribution in [0.4, 0.5) is 5.69 Å². The second kappa shape index (κ2) is 10.3. The molecule has 0 saturated heterocycles. The number of nitrogens with zero attached hydrogens (tertiary/aromatic N) is 2. The van der Waals surface area contributed by atoms with Crippen LogP contribution < -0.4 is 10.1 Å². The fraction of sp³-hybridized carbons (Fsp3) is 0.207. The molecule has 36 heavy (non-hydrogen) atoms. The van der Waals surface area contributed by atoms with Crippen LogP contribution in [0.25, 0.3) is 0 Å². The summed E-state index contributed by atoms with van der Waals surface area (Å²) in [5, 5.41) is 5.33. The molecular weight excluding hydrogens is 470 g/mol. The highest BCUT2D eigenvalue weighted by Gasteiger charge is 2.30. The van der Waals surface area contributed by atoms with Crippen LogP contribution in [0.5, 0.6) is 5.75 Å². The average molecular weight is 498 g/mol. The van der Waals surface area contributed by atoms with E-state index in [1.54, 1.807) is 12.3 Å². The van der Waals surface area contributed by atoms with Gasteiger partial charge in [-0.1, -0.05) is 54.1 Å². The maximum atomic E-state index is 12.6. The molecule has 182 valence electrons. The van der Waals surface area contributed by atoms with E-state index in [2.05, 4.69) is 28.5 Å². The maximum absolute atomic E-state index is 12.6. The number of rotatable bonds is 6. The number of amides is 2. The number of ether oxygens (including phenoxy) is 1. The molecule has 1 atom stereocenters. The molecule has 0 saturated carbocycles. The maximum Gasteiger partial charge on any atom is 0.275 e. The van der Waals surface area contributed by atoms with Gasteiger partial charge in [0.05, 0.1) is 6.04 Å². The lowest BCUT2D eigenvalue weighted by Crippen LogP contribution is -2.39. The molecule has 0 aliphatic carbocycles. The van der Waals surface area contributed by atoms with E-state index >= 15 is 0 Å². The Morgan fingerprint density at radius 1 is 1.08 bits per heavy atom. The van der Waals surface area contributed by atoms with Gasteiger partial charge in [0, 0.05) is 24.5 Å². The standard InChI is InChI=1S/C29H27N3O3S/c1-19-8-11-23(12-9-19)30-29(34)26-18-36-27(31-26)17-35-24-13-10-21-14-15-32(20(2)33)28(25(21)16-24)22-6-4-3-5-7-22/h3-13,16,18,28H,14-15,17H2,1-2H3,(H,30,34). The van der Waals surface area contributed by atoms with Crippen molar-refractivity contribution >= 4 is 28.8 Å². The largest absolute Gasteiger partial charge is 0.486 e. The molecule has 1 unspecified atom stereocenters. The van der Waals surface area contributed by atoms with Crippen LogP contribution in [-0.2, 0) is 17.8 Å².